The molecule has 0 N–H and O–H groups in total. The summed E-state index contributed by atoms with van der Waals surface area (Å²) in [5.41, 5.74) is 6.58. The Bertz CT molecular complexity index is 941. The van der Waals surface area contributed by atoms with Gasteiger partial charge in [0.15, 0.2) is 0 Å². The molecule has 0 unspecified atom stereocenters. The van der Waals surface area contributed by atoms with Crippen LogP contribution in [0.4, 0.5) is 0 Å². The zero-order valence-electron chi connectivity index (χ0n) is 13.0. The molecule has 0 radical (unpaired) electrons. The third-order valence-corrected chi connectivity index (χ3v) is 3.99. The maximum Gasteiger partial charge on any atom is 0.137 e. The highest BCUT2D eigenvalue weighted by Crippen LogP contribution is 2.26. The van der Waals surface area contributed by atoms with Gasteiger partial charge in [-0.25, -0.2) is 4.98 Å². The molecular formula is C20H17N3. The predicted molar refractivity (Wildman–Crippen MR) is 92.4 cm³/mol. The van der Waals surface area contributed by atoms with E-state index in [-0.39, 0.29) is 0 Å². The maximum atomic E-state index is 4.86. The smallest absolute Gasteiger partial charge is 0.137 e. The number of aromatic nitrogens is 3. The molecule has 0 saturated carbocycles. The van der Waals surface area contributed by atoms with Crippen molar-refractivity contribution >= 4 is 5.65 Å². The standard InChI is InChI=1S/C20H17N3/c1-15-10-11-19-22-20(16-7-3-2-4-8-16)18(23(19)14-15)13-17-9-5-6-12-21-17/h2-12,14H,13H2,1H3. The number of imidazole rings is 1. The zero-order chi connectivity index (χ0) is 15.6. The molecule has 4 aromatic rings. The van der Waals surface area contributed by atoms with Gasteiger partial charge < -0.3 is 4.40 Å². The van der Waals surface area contributed by atoms with Crippen LogP contribution in [0.25, 0.3) is 16.9 Å². The Morgan fingerprint density at radius 1 is 0.913 bits per heavy atom. The van der Waals surface area contributed by atoms with Gasteiger partial charge in [-0.05, 0) is 30.7 Å². The molecule has 3 aromatic heterocycles. The van der Waals surface area contributed by atoms with E-state index >= 15 is 0 Å². The summed E-state index contributed by atoms with van der Waals surface area (Å²) in [4.78, 5) is 9.33. The highest BCUT2D eigenvalue weighted by Gasteiger charge is 2.14. The molecule has 0 aliphatic carbocycles. The second-order valence-corrected chi connectivity index (χ2v) is 5.71. The molecule has 23 heavy (non-hydrogen) atoms. The van der Waals surface area contributed by atoms with Crippen LogP contribution in [-0.4, -0.2) is 14.4 Å². The molecule has 0 bridgehead atoms. The molecule has 3 heterocycles. The van der Waals surface area contributed by atoms with Crippen molar-refractivity contribution in [1.29, 1.82) is 0 Å². The van der Waals surface area contributed by atoms with E-state index in [2.05, 4.69) is 65.0 Å². The lowest BCUT2D eigenvalue weighted by Crippen LogP contribution is -1.98. The molecule has 3 heteroatoms. The van der Waals surface area contributed by atoms with E-state index < -0.39 is 0 Å². The minimum atomic E-state index is 0.760. The summed E-state index contributed by atoms with van der Waals surface area (Å²) in [5.74, 6) is 0. The SMILES string of the molecule is Cc1ccc2nc(-c3ccccc3)c(Cc3ccccn3)n2c1. The van der Waals surface area contributed by atoms with Gasteiger partial charge in [0.2, 0.25) is 0 Å². The minimum Gasteiger partial charge on any atom is -0.303 e. The topological polar surface area (TPSA) is 30.2 Å². The van der Waals surface area contributed by atoms with Crippen LogP contribution in [0, 0.1) is 6.92 Å². The van der Waals surface area contributed by atoms with Gasteiger partial charge >= 0.3 is 0 Å². The molecule has 0 fully saturated rings. The number of fused-ring (bicyclic) bond motifs is 1. The summed E-state index contributed by atoms with van der Waals surface area (Å²) >= 11 is 0. The Kier molecular flexibility index (Phi) is 3.39. The largest absolute Gasteiger partial charge is 0.303 e. The lowest BCUT2D eigenvalue weighted by molar-refractivity contribution is 0.979. The molecule has 0 spiro atoms. The monoisotopic (exact) mass is 299 g/mol. The predicted octanol–water partition coefficient (Wildman–Crippen LogP) is 4.30. The third-order valence-electron chi connectivity index (χ3n) is 3.99. The van der Waals surface area contributed by atoms with Crippen molar-refractivity contribution in [1.82, 2.24) is 14.4 Å². The number of aryl methyl sites for hydroxylation is 1. The summed E-state index contributed by atoms with van der Waals surface area (Å²) in [7, 11) is 0. The van der Waals surface area contributed by atoms with E-state index in [1.807, 2.05) is 24.4 Å². The van der Waals surface area contributed by atoms with Crippen LogP contribution < -0.4 is 0 Å². The summed E-state index contributed by atoms with van der Waals surface area (Å²) in [6.45, 7) is 2.10. The normalized spacial score (nSPS) is 11.0. The van der Waals surface area contributed by atoms with Gasteiger partial charge in [0.05, 0.1) is 11.4 Å². The summed E-state index contributed by atoms with van der Waals surface area (Å²) < 4.78 is 2.19. The van der Waals surface area contributed by atoms with E-state index in [1.165, 1.54) is 11.3 Å². The number of nitrogens with zero attached hydrogens (tertiary/aromatic N) is 3. The van der Waals surface area contributed by atoms with Crippen molar-refractivity contribution < 1.29 is 0 Å². The number of hydrogen-bond donors (Lipinski definition) is 0. The van der Waals surface area contributed by atoms with Crippen molar-refractivity contribution in [2.45, 2.75) is 13.3 Å². The third kappa shape index (κ3) is 2.61. The average Bonchev–Trinajstić information content (AvgIpc) is 2.95. The van der Waals surface area contributed by atoms with Crippen LogP contribution in [0.5, 0.6) is 0 Å². The van der Waals surface area contributed by atoms with Crippen molar-refractivity contribution in [3.8, 4) is 11.3 Å². The van der Waals surface area contributed by atoms with Crippen molar-refractivity contribution in [3.63, 3.8) is 0 Å². The van der Waals surface area contributed by atoms with Crippen LogP contribution in [0.1, 0.15) is 17.0 Å². The summed E-state index contributed by atoms with van der Waals surface area (Å²) in [5, 5.41) is 0. The van der Waals surface area contributed by atoms with E-state index in [1.54, 1.807) is 0 Å². The van der Waals surface area contributed by atoms with Gasteiger partial charge in [-0.2, -0.15) is 0 Å². The van der Waals surface area contributed by atoms with Crippen LogP contribution in [-0.2, 0) is 6.42 Å². The molecule has 0 aliphatic rings. The van der Waals surface area contributed by atoms with Gasteiger partial charge in [-0.3, -0.25) is 4.98 Å². The Hall–Kier alpha value is -2.94. The highest BCUT2D eigenvalue weighted by molar-refractivity contribution is 5.67. The first kappa shape index (κ1) is 13.7. The molecule has 1 aromatic carbocycles. The van der Waals surface area contributed by atoms with Gasteiger partial charge in [-0.15, -0.1) is 0 Å². The van der Waals surface area contributed by atoms with E-state index in [9.17, 15) is 0 Å². The van der Waals surface area contributed by atoms with Gasteiger partial charge in [-0.1, -0.05) is 42.5 Å². The summed E-state index contributed by atoms with van der Waals surface area (Å²) in [6, 6.07) is 20.5. The second kappa shape index (κ2) is 5.69. The van der Waals surface area contributed by atoms with Crippen LogP contribution >= 0.6 is 0 Å². The van der Waals surface area contributed by atoms with Crippen molar-refractivity contribution in [3.05, 3.63) is 90.0 Å². The Balaban J connectivity index is 1.93. The second-order valence-electron chi connectivity index (χ2n) is 5.71. The molecular weight excluding hydrogens is 282 g/mol. The van der Waals surface area contributed by atoms with Crippen LogP contribution in [0.15, 0.2) is 73.1 Å². The fourth-order valence-corrected chi connectivity index (χ4v) is 2.87. The first-order valence-electron chi connectivity index (χ1n) is 7.74. The van der Waals surface area contributed by atoms with E-state index in [4.69, 9.17) is 4.98 Å². The first-order valence-corrected chi connectivity index (χ1v) is 7.74. The molecule has 0 saturated heterocycles. The van der Waals surface area contributed by atoms with Crippen LogP contribution in [0.2, 0.25) is 0 Å². The van der Waals surface area contributed by atoms with Crippen molar-refractivity contribution in [2.24, 2.45) is 0 Å². The Morgan fingerprint density at radius 2 is 1.74 bits per heavy atom. The molecule has 3 nitrogen and oxygen atoms in total. The van der Waals surface area contributed by atoms with E-state index in [0.29, 0.717) is 0 Å². The summed E-state index contributed by atoms with van der Waals surface area (Å²) in [6.07, 6.45) is 4.74. The van der Waals surface area contributed by atoms with Gasteiger partial charge in [0, 0.05) is 30.1 Å². The molecule has 4 rings (SSSR count). The maximum absolute atomic E-state index is 4.86. The molecule has 0 amide bonds. The van der Waals surface area contributed by atoms with Gasteiger partial charge in [0.25, 0.3) is 0 Å². The van der Waals surface area contributed by atoms with Gasteiger partial charge in [0.1, 0.15) is 5.65 Å². The number of rotatable bonds is 3. The average molecular weight is 299 g/mol. The minimum absolute atomic E-state index is 0.760. The van der Waals surface area contributed by atoms with E-state index in [0.717, 1.165) is 29.0 Å². The quantitative estimate of drug-likeness (QED) is 0.565. The molecule has 0 aliphatic heterocycles. The number of hydrogen-bond acceptors (Lipinski definition) is 2. The Labute approximate surface area is 135 Å². The highest BCUT2D eigenvalue weighted by atomic mass is 15.0. The van der Waals surface area contributed by atoms with Crippen molar-refractivity contribution in [2.75, 3.05) is 0 Å². The Morgan fingerprint density at radius 3 is 2.52 bits per heavy atom. The molecule has 0 atom stereocenters. The zero-order valence-corrected chi connectivity index (χ0v) is 13.0. The lowest BCUT2D eigenvalue weighted by Gasteiger charge is -2.06. The lowest BCUT2D eigenvalue weighted by atomic mass is 10.1. The molecule has 112 valence electrons. The first-order chi connectivity index (χ1) is 11.3. The fraction of sp³-hybridized carbons (Fsp3) is 0.100. The van der Waals surface area contributed by atoms with Crippen LogP contribution in [0.3, 0.4) is 0 Å². The number of benzene rings is 1. The fourth-order valence-electron chi connectivity index (χ4n) is 2.87. The number of pyridine rings is 2.